The van der Waals surface area contributed by atoms with Crippen LogP contribution < -0.4 is 5.56 Å². The average Bonchev–Trinajstić information content (AvgIpc) is 2.79. The minimum atomic E-state index is -0.151. The Morgan fingerprint density at radius 1 is 1.21 bits per heavy atom. The van der Waals surface area contributed by atoms with Crippen molar-refractivity contribution in [1.29, 1.82) is 0 Å². The Labute approximate surface area is 113 Å². The van der Waals surface area contributed by atoms with Crippen LogP contribution in [-0.2, 0) is 0 Å². The van der Waals surface area contributed by atoms with Crippen LogP contribution in [0.5, 0.6) is 0 Å². The van der Waals surface area contributed by atoms with Gasteiger partial charge >= 0.3 is 0 Å². The Morgan fingerprint density at radius 2 is 2.00 bits per heavy atom. The molecule has 19 heavy (non-hydrogen) atoms. The van der Waals surface area contributed by atoms with Gasteiger partial charge in [-0.1, -0.05) is 47.7 Å². The lowest BCUT2D eigenvalue weighted by atomic mass is 10.2. The van der Waals surface area contributed by atoms with Gasteiger partial charge in [-0.15, -0.1) is 0 Å². The predicted octanol–water partition coefficient (Wildman–Crippen LogP) is 2.63. The SMILES string of the molecule is Cc1nn2c(=O)cc(/C=C/c3ccccc3)nc2s1. The molecule has 0 saturated carbocycles. The smallest absolute Gasteiger partial charge is 0.267 e. The molecule has 2 aromatic heterocycles. The van der Waals surface area contributed by atoms with Crippen molar-refractivity contribution in [3.63, 3.8) is 0 Å². The van der Waals surface area contributed by atoms with Gasteiger partial charge < -0.3 is 0 Å². The normalized spacial score (nSPS) is 11.4. The summed E-state index contributed by atoms with van der Waals surface area (Å²) >= 11 is 1.41. The summed E-state index contributed by atoms with van der Waals surface area (Å²) in [6.07, 6.45) is 3.78. The molecule has 3 rings (SSSR count). The first-order valence-electron chi connectivity index (χ1n) is 5.83. The molecule has 0 fully saturated rings. The fraction of sp³-hybridized carbons (Fsp3) is 0.0714. The number of benzene rings is 1. The first kappa shape index (κ1) is 11.8. The van der Waals surface area contributed by atoms with Crippen molar-refractivity contribution in [2.45, 2.75) is 6.92 Å². The van der Waals surface area contributed by atoms with Crippen molar-refractivity contribution < 1.29 is 0 Å². The molecule has 0 spiro atoms. The molecular weight excluding hydrogens is 258 g/mol. The molecule has 5 heteroatoms. The van der Waals surface area contributed by atoms with E-state index in [1.165, 1.54) is 21.9 Å². The Morgan fingerprint density at radius 3 is 2.79 bits per heavy atom. The van der Waals surface area contributed by atoms with Gasteiger partial charge in [0.2, 0.25) is 4.96 Å². The fourth-order valence-corrected chi connectivity index (χ4v) is 2.51. The number of nitrogens with zero attached hydrogens (tertiary/aromatic N) is 3. The van der Waals surface area contributed by atoms with E-state index in [2.05, 4.69) is 10.1 Å². The molecule has 3 aromatic rings. The third kappa shape index (κ3) is 2.46. The zero-order valence-electron chi connectivity index (χ0n) is 10.3. The highest BCUT2D eigenvalue weighted by Gasteiger charge is 2.04. The van der Waals surface area contributed by atoms with Gasteiger partial charge in [-0.05, 0) is 18.6 Å². The van der Waals surface area contributed by atoms with Crippen molar-refractivity contribution in [3.05, 3.63) is 63.0 Å². The topological polar surface area (TPSA) is 47.3 Å². The number of aryl methyl sites for hydroxylation is 1. The van der Waals surface area contributed by atoms with Gasteiger partial charge in [0.05, 0.1) is 5.69 Å². The van der Waals surface area contributed by atoms with E-state index in [1.54, 1.807) is 0 Å². The number of hydrogen-bond donors (Lipinski definition) is 0. The average molecular weight is 269 g/mol. The molecule has 0 atom stereocenters. The molecule has 2 heterocycles. The van der Waals surface area contributed by atoms with Gasteiger partial charge in [0.15, 0.2) is 0 Å². The summed E-state index contributed by atoms with van der Waals surface area (Å²) in [6.45, 7) is 1.86. The lowest BCUT2D eigenvalue weighted by Gasteiger charge is -1.94. The minimum Gasteiger partial charge on any atom is -0.267 e. The van der Waals surface area contributed by atoms with Crippen LogP contribution in [0.4, 0.5) is 0 Å². The van der Waals surface area contributed by atoms with E-state index in [4.69, 9.17) is 0 Å². The van der Waals surface area contributed by atoms with Crippen LogP contribution in [0.1, 0.15) is 16.3 Å². The van der Waals surface area contributed by atoms with Crippen LogP contribution in [-0.4, -0.2) is 14.6 Å². The van der Waals surface area contributed by atoms with E-state index in [0.717, 1.165) is 10.6 Å². The Balaban J connectivity index is 2.02. The van der Waals surface area contributed by atoms with E-state index < -0.39 is 0 Å². The second-order valence-electron chi connectivity index (χ2n) is 4.08. The van der Waals surface area contributed by atoms with Crippen molar-refractivity contribution in [2.75, 3.05) is 0 Å². The Bertz CT molecular complexity index is 802. The summed E-state index contributed by atoms with van der Waals surface area (Å²) in [6, 6.07) is 11.4. The van der Waals surface area contributed by atoms with E-state index in [0.29, 0.717) is 10.7 Å². The molecule has 4 nitrogen and oxygen atoms in total. The van der Waals surface area contributed by atoms with Gasteiger partial charge in [-0.3, -0.25) is 4.79 Å². The fourth-order valence-electron chi connectivity index (χ4n) is 1.75. The maximum absolute atomic E-state index is 11.9. The monoisotopic (exact) mass is 269 g/mol. The molecular formula is C14H11N3OS. The summed E-state index contributed by atoms with van der Waals surface area (Å²) in [4.78, 5) is 16.9. The second kappa shape index (κ2) is 4.78. The van der Waals surface area contributed by atoms with Gasteiger partial charge in [-0.2, -0.15) is 9.61 Å². The van der Waals surface area contributed by atoms with E-state index in [-0.39, 0.29) is 5.56 Å². The molecule has 0 aliphatic heterocycles. The van der Waals surface area contributed by atoms with Gasteiger partial charge in [0.25, 0.3) is 5.56 Å². The van der Waals surface area contributed by atoms with Crippen LogP contribution in [0.25, 0.3) is 17.1 Å². The number of aromatic nitrogens is 3. The molecule has 1 aromatic carbocycles. The lowest BCUT2D eigenvalue weighted by molar-refractivity contribution is 0.879. The molecule has 0 unspecified atom stereocenters. The molecule has 0 bridgehead atoms. The van der Waals surface area contributed by atoms with Crippen LogP contribution in [0.3, 0.4) is 0 Å². The number of fused-ring (bicyclic) bond motifs is 1. The van der Waals surface area contributed by atoms with Crippen molar-refractivity contribution >= 4 is 28.4 Å². The number of rotatable bonds is 2. The van der Waals surface area contributed by atoms with E-state index in [1.807, 2.05) is 49.4 Å². The summed E-state index contributed by atoms with van der Waals surface area (Å²) < 4.78 is 1.33. The maximum Gasteiger partial charge on any atom is 0.275 e. The summed E-state index contributed by atoms with van der Waals surface area (Å²) in [5.41, 5.74) is 1.57. The molecule has 0 aliphatic rings. The first-order chi connectivity index (χ1) is 9.22. The number of hydrogen-bond acceptors (Lipinski definition) is 4. The van der Waals surface area contributed by atoms with Crippen LogP contribution in [0, 0.1) is 6.92 Å². The lowest BCUT2D eigenvalue weighted by Crippen LogP contribution is -2.14. The Hall–Kier alpha value is -2.27. The molecule has 0 saturated heterocycles. The van der Waals surface area contributed by atoms with Crippen LogP contribution in [0.15, 0.2) is 41.2 Å². The standard InChI is InChI=1S/C14H11N3OS/c1-10-16-17-13(18)9-12(15-14(17)19-10)8-7-11-5-3-2-4-6-11/h2-9H,1H3/b8-7+. The summed E-state index contributed by atoms with van der Waals surface area (Å²) in [5, 5.41) is 4.94. The van der Waals surface area contributed by atoms with Crippen molar-refractivity contribution in [1.82, 2.24) is 14.6 Å². The highest BCUT2D eigenvalue weighted by Crippen LogP contribution is 2.11. The maximum atomic E-state index is 11.9. The second-order valence-corrected chi connectivity index (χ2v) is 5.24. The quantitative estimate of drug-likeness (QED) is 0.718. The third-order valence-electron chi connectivity index (χ3n) is 2.61. The van der Waals surface area contributed by atoms with Crippen molar-refractivity contribution in [3.8, 4) is 0 Å². The summed E-state index contributed by atoms with van der Waals surface area (Å²) in [5.74, 6) is 0. The zero-order valence-corrected chi connectivity index (χ0v) is 11.1. The van der Waals surface area contributed by atoms with E-state index >= 15 is 0 Å². The zero-order chi connectivity index (χ0) is 13.2. The summed E-state index contributed by atoms with van der Waals surface area (Å²) in [7, 11) is 0. The van der Waals surface area contributed by atoms with Crippen LogP contribution >= 0.6 is 11.3 Å². The highest BCUT2D eigenvalue weighted by molar-refractivity contribution is 7.16. The third-order valence-corrected chi connectivity index (χ3v) is 3.44. The largest absolute Gasteiger partial charge is 0.275 e. The highest BCUT2D eigenvalue weighted by atomic mass is 32.1. The van der Waals surface area contributed by atoms with Crippen LogP contribution in [0.2, 0.25) is 0 Å². The molecule has 0 N–H and O–H groups in total. The predicted molar refractivity (Wildman–Crippen MR) is 77.2 cm³/mol. The van der Waals surface area contributed by atoms with Crippen molar-refractivity contribution in [2.24, 2.45) is 0 Å². The van der Waals surface area contributed by atoms with Gasteiger partial charge in [0.1, 0.15) is 5.01 Å². The van der Waals surface area contributed by atoms with Gasteiger partial charge in [0, 0.05) is 6.07 Å². The van der Waals surface area contributed by atoms with Gasteiger partial charge in [-0.25, -0.2) is 4.98 Å². The molecule has 0 amide bonds. The molecule has 0 aliphatic carbocycles. The first-order valence-corrected chi connectivity index (χ1v) is 6.65. The van der Waals surface area contributed by atoms with E-state index in [9.17, 15) is 4.79 Å². The minimum absolute atomic E-state index is 0.151. The molecule has 0 radical (unpaired) electrons. The Kier molecular flexibility index (Phi) is 2.97. The molecule has 94 valence electrons.